The molecule has 2 aromatic rings. The lowest BCUT2D eigenvalue weighted by Crippen LogP contribution is -2.60. The summed E-state index contributed by atoms with van der Waals surface area (Å²) in [5, 5.41) is 15.6. The number of rotatable bonds is 3. The molecule has 1 unspecified atom stereocenters. The van der Waals surface area contributed by atoms with Gasteiger partial charge < -0.3 is 19.3 Å². The maximum absolute atomic E-state index is 12.5. The van der Waals surface area contributed by atoms with Crippen LogP contribution >= 0.6 is 0 Å². The molecule has 2 heterocycles. The molecular weight excluding hydrogens is 348 g/mol. The summed E-state index contributed by atoms with van der Waals surface area (Å²) in [5.74, 6) is 0.880. The molecule has 1 aliphatic rings. The number of aromatic nitrogens is 2. The van der Waals surface area contributed by atoms with Crippen molar-refractivity contribution in [2.24, 2.45) is 0 Å². The predicted octanol–water partition coefficient (Wildman–Crippen LogP) is 2.03. The van der Waals surface area contributed by atoms with E-state index in [-0.39, 0.29) is 16.4 Å². The second-order valence-electron chi connectivity index (χ2n) is 7.16. The molecule has 1 aromatic heterocycles. The maximum Gasteiger partial charge on any atom is 0.315 e. The van der Waals surface area contributed by atoms with Gasteiger partial charge in [-0.2, -0.15) is 4.98 Å². The molecule has 0 fully saturated rings. The summed E-state index contributed by atoms with van der Waals surface area (Å²) in [6.07, 6.45) is -0.708. The molecule has 1 aromatic carbocycles. The number of aryl methyl sites for hydroxylation is 1. The highest BCUT2D eigenvalue weighted by atomic mass is 16.5. The van der Waals surface area contributed by atoms with E-state index in [0.29, 0.717) is 24.7 Å². The Morgan fingerprint density at radius 3 is 2.63 bits per heavy atom. The van der Waals surface area contributed by atoms with Crippen molar-refractivity contribution in [1.29, 1.82) is 0 Å². The lowest BCUT2D eigenvalue weighted by molar-refractivity contribution is -0.268. The van der Waals surface area contributed by atoms with E-state index in [9.17, 15) is 14.7 Å². The SMILES string of the molecule is CCN(C(=O)[O-])[C@@H]1C[C@H](C)[N+](C)(C(C)=O)c2ccc(-c3noc(C)n3)cc21. The smallest absolute Gasteiger partial charge is 0.315 e. The molecule has 3 rings (SSSR count). The molecule has 0 spiro atoms. The van der Waals surface area contributed by atoms with Crippen LogP contribution in [0, 0.1) is 6.92 Å². The van der Waals surface area contributed by atoms with Gasteiger partial charge >= 0.3 is 5.91 Å². The Kier molecular flexibility index (Phi) is 4.77. The van der Waals surface area contributed by atoms with E-state index >= 15 is 0 Å². The van der Waals surface area contributed by atoms with Crippen molar-refractivity contribution in [2.45, 2.75) is 46.2 Å². The first-order chi connectivity index (χ1) is 12.7. The highest BCUT2D eigenvalue weighted by molar-refractivity contribution is 5.89. The van der Waals surface area contributed by atoms with E-state index in [1.54, 1.807) is 20.8 Å². The Bertz CT molecular complexity index is 894. The van der Waals surface area contributed by atoms with Crippen molar-refractivity contribution in [3.63, 3.8) is 0 Å². The van der Waals surface area contributed by atoms with Gasteiger partial charge in [0, 0.05) is 37.1 Å². The average molecular weight is 372 g/mol. The summed E-state index contributed by atoms with van der Waals surface area (Å²) in [5.41, 5.74) is 2.28. The predicted molar refractivity (Wildman–Crippen MR) is 97.5 cm³/mol. The molecule has 27 heavy (non-hydrogen) atoms. The first kappa shape index (κ1) is 19.0. The molecule has 0 saturated heterocycles. The van der Waals surface area contributed by atoms with Gasteiger partial charge in [0.1, 0.15) is 11.8 Å². The number of nitrogens with zero attached hydrogens (tertiary/aromatic N) is 4. The van der Waals surface area contributed by atoms with Gasteiger partial charge in [-0.1, -0.05) is 5.16 Å². The van der Waals surface area contributed by atoms with Gasteiger partial charge in [-0.15, -0.1) is 0 Å². The van der Waals surface area contributed by atoms with Crippen LogP contribution in [-0.2, 0) is 4.79 Å². The van der Waals surface area contributed by atoms with Gasteiger partial charge in [0.05, 0.1) is 26.1 Å². The van der Waals surface area contributed by atoms with Gasteiger partial charge in [0.2, 0.25) is 11.7 Å². The number of benzene rings is 1. The molecule has 1 aliphatic heterocycles. The number of amides is 2. The highest BCUT2D eigenvalue weighted by Crippen LogP contribution is 2.45. The van der Waals surface area contributed by atoms with E-state index in [1.807, 2.05) is 32.2 Å². The van der Waals surface area contributed by atoms with E-state index in [0.717, 1.165) is 16.8 Å². The highest BCUT2D eigenvalue weighted by Gasteiger charge is 2.47. The van der Waals surface area contributed by atoms with Crippen LogP contribution in [0.15, 0.2) is 22.7 Å². The molecule has 0 radical (unpaired) electrons. The van der Waals surface area contributed by atoms with Gasteiger partial charge in [-0.05, 0) is 26.0 Å². The molecule has 0 bridgehead atoms. The summed E-state index contributed by atoms with van der Waals surface area (Å²) in [6, 6.07) is 5.09. The van der Waals surface area contributed by atoms with Crippen molar-refractivity contribution >= 4 is 17.7 Å². The third kappa shape index (κ3) is 2.99. The zero-order valence-corrected chi connectivity index (χ0v) is 16.2. The molecule has 0 N–H and O–H groups in total. The van der Waals surface area contributed by atoms with E-state index in [1.165, 1.54) is 4.90 Å². The van der Waals surface area contributed by atoms with Crippen LogP contribution < -0.4 is 9.59 Å². The molecular formula is C19H24N4O4. The molecule has 8 nitrogen and oxygen atoms in total. The van der Waals surface area contributed by atoms with Crippen LogP contribution in [0.1, 0.15) is 44.7 Å². The molecule has 144 valence electrons. The lowest BCUT2D eigenvalue weighted by Gasteiger charge is -2.46. The number of carbonyl (C=O) groups excluding carboxylic acids is 2. The Labute approximate surface area is 158 Å². The van der Waals surface area contributed by atoms with Crippen molar-refractivity contribution in [3.8, 4) is 11.4 Å². The lowest BCUT2D eigenvalue weighted by atomic mass is 9.87. The minimum atomic E-state index is -1.22. The van der Waals surface area contributed by atoms with Crippen molar-refractivity contribution in [1.82, 2.24) is 19.5 Å². The van der Waals surface area contributed by atoms with Crippen LogP contribution in [0.3, 0.4) is 0 Å². The number of hydrogen-bond acceptors (Lipinski definition) is 6. The Hall–Kier alpha value is -2.74. The summed E-state index contributed by atoms with van der Waals surface area (Å²) in [7, 11) is 1.87. The number of carboxylic acid groups (broad SMARTS) is 1. The molecule has 8 heteroatoms. The van der Waals surface area contributed by atoms with Crippen LogP contribution in [0.2, 0.25) is 0 Å². The van der Waals surface area contributed by atoms with Crippen LogP contribution in [0.4, 0.5) is 10.5 Å². The Morgan fingerprint density at radius 1 is 1.41 bits per heavy atom. The van der Waals surface area contributed by atoms with Crippen LogP contribution in [0.5, 0.6) is 0 Å². The zero-order chi connectivity index (χ0) is 19.9. The van der Waals surface area contributed by atoms with E-state index in [2.05, 4.69) is 10.1 Å². The molecule has 0 aliphatic carbocycles. The quantitative estimate of drug-likeness (QED) is 0.765. The van der Waals surface area contributed by atoms with Crippen LogP contribution in [-0.4, -0.2) is 46.7 Å². The number of hydrogen-bond donors (Lipinski definition) is 0. The third-order valence-electron chi connectivity index (χ3n) is 5.72. The number of carbonyl (C=O) groups is 2. The minimum Gasteiger partial charge on any atom is -0.530 e. The third-order valence-corrected chi connectivity index (χ3v) is 5.72. The van der Waals surface area contributed by atoms with E-state index in [4.69, 9.17) is 4.52 Å². The summed E-state index contributed by atoms with van der Waals surface area (Å²) in [4.78, 5) is 29.8. The van der Waals surface area contributed by atoms with Gasteiger partial charge in [-0.3, -0.25) is 0 Å². The van der Waals surface area contributed by atoms with Gasteiger partial charge in [0.25, 0.3) is 0 Å². The number of quaternary nitrogens is 1. The first-order valence-electron chi connectivity index (χ1n) is 9.00. The monoisotopic (exact) mass is 372 g/mol. The van der Waals surface area contributed by atoms with Crippen molar-refractivity contribution < 1.29 is 19.2 Å². The van der Waals surface area contributed by atoms with Crippen molar-refractivity contribution in [2.75, 3.05) is 13.6 Å². The second kappa shape index (κ2) is 6.77. The summed E-state index contributed by atoms with van der Waals surface area (Å²) in [6.45, 7) is 7.32. The van der Waals surface area contributed by atoms with Crippen molar-refractivity contribution in [3.05, 3.63) is 29.7 Å². The summed E-state index contributed by atoms with van der Waals surface area (Å²) < 4.78 is 5.17. The largest absolute Gasteiger partial charge is 0.530 e. The fourth-order valence-corrected chi connectivity index (χ4v) is 3.95. The van der Waals surface area contributed by atoms with Gasteiger partial charge in [0.15, 0.2) is 0 Å². The standard InChI is InChI=1S/C19H24N4O4/c1-6-22(19(25)26)16-9-11(2)23(5,13(4)24)17-8-7-14(10-15(16)17)18-20-12(3)27-21-18/h7-8,10-11,16H,6,9H2,1-5H3/t11-,16+,23?/m0/s1. The molecule has 3 atom stereocenters. The first-order valence-corrected chi connectivity index (χ1v) is 9.00. The fourth-order valence-electron chi connectivity index (χ4n) is 3.95. The zero-order valence-electron chi connectivity index (χ0n) is 16.2. The second-order valence-corrected chi connectivity index (χ2v) is 7.16. The number of fused-ring (bicyclic) bond motifs is 1. The normalized spacial score (nSPS) is 24.3. The molecule has 0 saturated carbocycles. The van der Waals surface area contributed by atoms with E-state index < -0.39 is 12.1 Å². The fraction of sp³-hybridized carbons (Fsp3) is 0.474. The van der Waals surface area contributed by atoms with Gasteiger partial charge in [-0.25, -0.2) is 9.28 Å². The van der Waals surface area contributed by atoms with Crippen LogP contribution in [0.25, 0.3) is 11.4 Å². The Balaban J connectivity index is 2.22. The topological polar surface area (TPSA) is 99.4 Å². The summed E-state index contributed by atoms with van der Waals surface area (Å²) >= 11 is 0. The average Bonchev–Trinajstić information content (AvgIpc) is 3.05. The Morgan fingerprint density at radius 2 is 2.11 bits per heavy atom. The maximum atomic E-state index is 12.5. The minimum absolute atomic E-state index is 0.00172. The molecule has 2 amide bonds.